The zero-order valence-corrected chi connectivity index (χ0v) is 10.3. The van der Waals surface area contributed by atoms with Gasteiger partial charge in [-0.1, -0.05) is 19.8 Å². The summed E-state index contributed by atoms with van der Waals surface area (Å²) in [5, 5.41) is 0. The van der Waals surface area contributed by atoms with Crippen LogP contribution >= 0.6 is 11.8 Å². The summed E-state index contributed by atoms with van der Waals surface area (Å²) in [7, 11) is 0. The van der Waals surface area contributed by atoms with E-state index in [0.717, 1.165) is 6.61 Å². The second-order valence-corrected chi connectivity index (χ2v) is 5.32. The van der Waals surface area contributed by atoms with E-state index in [9.17, 15) is 0 Å². The van der Waals surface area contributed by atoms with Crippen LogP contribution in [0.25, 0.3) is 0 Å². The van der Waals surface area contributed by atoms with E-state index in [1.54, 1.807) is 0 Å². The van der Waals surface area contributed by atoms with Crippen molar-refractivity contribution in [3.8, 4) is 0 Å². The number of hydrogen-bond acceptors (Lipinski definition) is 2. The quantitative estimate of drug-likeness (QED) is 0.570. The molecule has 0 N–H and O–H groups in total. The fraction of sp³-hybridized carbons (Fsp3) is 1.00. The summed E-state index contributed by atoms with van der Waals surface area (Å²) >= 11 is 2.10. The van der Waals surface area contributed by atoms with Gasteiger partial charge in [0.05, 0.1) is 6.10 Å². The first-order valence-electron chi connectivity index (χ1n) is 6.13. The van der Waals surface area contributed by atoms with Gasteiger partial charge in [-0.2, -0.15) is 11.8 Å². The Morgan fingerprint density at radius 1 is 1.21 bits per heavy atom. The van der Waals surface area contributed by atoms with E-state index in [1.807, 2.05) is 0 Å². The van der Waals surface area contributed by atoms with Crippen LogP contribution in [0, 0.1) is 0 Å². The Balaban J connectivity index is 1.75. The fourth-order valence-corrected chi connectivity index (χ4v) is 2.77. The lowest BCUT2D eigenvalue weighted by Gasteiger charge is -2.08. The van der Waals surface area contributed by atoms with Crippen LogP contribution in [0.1, 0.15) is 51.9 Å². The lowest BCUT2D eigenvalue weighted by molar-refractivity contribution is 0.102. The van der Waals surface area contributed by atoms with Gasteiger partial charge in [-0.05, 0) is 43.6 Å². The summed E-state index contributed by atoms with van der Waals surface area (Å²) in [6, 6.07) is 0. The van der Waals surface area contributed by atoms with E-state index < -0.39 is 0 Å². The predicted molar refractivity (Wildman–Crippen MR) is 65.1 cm³/mol. The molecule has 0 bridgehead atoms. The highest BCUT2D eigenvalue weighted by molar-refractivity contribution is 7.99. The Morgan fingerprint density at radius 3 is 2.86 bits per heavy atom. The monoisotopic (exact) mass is 216 g/mol. The molecule has 2 heteroatoms. The molecule has 0 amide bonds. The molecule has 84 valence electrons. The van der Waals surface area contributed by atoms with Crippen molar-refractivity contribution in [2.75, 3.05) is 18.1 Å². The summed E-state index contributed by atoms with van der Waals surface area (Å²) in [5.74, 6) is 2.70. The molecule has 1 unspecified atom stereocenters. The van der Waals surface area contributed by atoms with E-state index >= 15 is 0 Å². The topological polar surface area (TPSA) is 9.23 Å². The van der Waals surface area contributed by atoms with Crippen molar-refractivity contribution < 1.29 is 4.74 Å². The molecule has 0 radical (unpaired) electrons. The van der Waals surface area contributed by atoms with Crippen LogP contribution in [0.3, 0.4) is 0 Å². The van der Waals surface area contributed by atoms with Crippen LogP contribution in [0.5, 0.6) is 0 Å². The van der Waals surface area contributed by atoms with Crippen molar-refractivity contribution in [1.82, 2.24) is 0 Å². The van der Waals surface area contributed by atoms with E-state index in [0.29, 0.717) is 6.10 Å². The maximum Gasteiger partial charge on any atom is 0.0576 e. The minimum atomic E-state index is 0.610. The first-order chi connectivity index (χ1) is 6.93. The summed E-state index contributed by atoms with van der Waals surface area (Å²) in [4.78, 5) is 0. The molecule has 1 nitrogen and oxygen atoms in total. The van der Waals surface area contributed by atoms with Gasteiger partial charge in [-0.3, -0.25) is 0 Å². The van der Waals surface area contributed by atoms with Gasteiger partial charge in [-0.25, -0.2) is 0 Å². The van der Waals surface area contributed by atoms with E-state index in [4.69, 9.17) is 4.74 Å². The normalized spacial score (nSPS) is 21.6. The summed E-state index contributed by atoms with van der Waals surface area (Å²) in [6.45, 7) is 3.27. The standard InChI is InChI=1S/C12H24OS/c1-2-10-14-11-5-3-4-7-12-8-6-9-13-12/h12H,2-11H2,1H3. The summed E-state index contributed by atoms with van der Waals surface area (Å²) in [6.07, 6.45) is 10.0. The van der Waals surface area contributed by atoms with Gasteiger partial charge < -0.3 is 4.74 Å². The maximum absolute atomic E-state index is 5.59. The minimum Gasteiger partial charge on any atom is -0.378 e. The van der Waals surface area contributed by atoms with Gasteiger partial charge in [0.2, 0.25) is 0 Å². The Hall–Kier alpha value is 0.310. The van der Waals surface area contributed by atoms with Crippen LogP contribution in [0.4, 0.5) is 0 Å². The van der Waals surface area contributed by atoms with Gasteiger partial charge in [0, 0.05) is 6.61 Å². The summed E-state index contributed by atoms with van der Waals surface area (Å²) < 4.78 is 5.59. The third kappa shape index (κ3) is 5.92. The molecule has 1 saturated heterocycles. The number of ether oxygens (including phenoxy) is 1. The molecule has 1 aliphatic rings. The minimum absolute atomic E-state index is 0.610. The molecule has 1 atom stereocenters. The molecule has 1 rings (SSSR count). The smallest absolute Gasteiger partial charge is 0.0576 e. The van der Waals surface area contributed by atoms with Crippen LogP contribution in [-0.4, -0.2) is 24.2 Å². The first kappa shape index (κ1) is 12.4. The van der Waals surface area contributed by atoms with Crippen molar-refractivity contribution in [3.63, 3.8) is 0 Å². The van der Waals surface area contributed by atoms with Crippen molar-refractivity contribution in [2.24, 2.45) is 0 Å². The van der Waals surface area contributed by atoms with Gasteiger partial charge in [-0.15, -0.1) is 0 Å². The Kier molecular flexibility index (Phi) is 7.61. The van der Waals surface area contributed by atoms with E-state index in [2.05, 4.69) is 18.7 Å². The zero-order valence-electron chi connectivity index (χ0n) is 9.46. The SMILES string of the molecule is CCCSCCCCCC1CCCO1. The number of rotatable bonds is 8. The van der Waals surface area contributed by atoms with E-state index in [1.165, 1.54) is 56.5 Å². The molecule has 0 aromatic rings. The van der Waals surface area contributed by atoms with E-state index in [-0.39, 0.29) is 0 Å². The van der Waals surface area contributed by atoms with Crippen molar-refractivity contribution in [1.29, 1.82) is 0 Å². The van der Waals surface area contributed by atoms with Crippen LogP contribution in [0.15, 0.2) is 0 Å². The highest BCUT2D eigenvalue weighted by Gasteiger charge is 2.13. The summed E-state index contributed by atoms with van der Waals surface area (Å²) in [5.41, 5.74) is 0. The lowest BCUT2D eigenvalue weighted by Crippen LogP contribution is -2.03. The Bertz CT molecular complexity index is 121. The van der Waals surface area contributed by atoms with Gasteiger partial charge in [0.15, 0.2) is 0 Å². The fourth-order valence-electron chi connectivity index (χ4n) is 1.87. The Labute approximate surface area is 93.0 Å². The molecular weight excluding hydrogens is 192 g/mol. The lowest BCUT2D eigenvalue weighted by atomic mass is 10.1. The van der Waals surface area contributed by atoms with Crippen molar-refractivity contribution in [2.45, 2.75) is 58.0 Å². The molecule has 0 saturated carbocycles. The molecule has 0 aromatic carbocycles. The molecule has 0 aliphatic carbocycles. The highest BCUT2D eigenvalue weighted by Crippen LogP contribution is 2.18. The molecule has 1 aliphatic heterocycles. The second-order valence-electron chi connectivity index (χ2n) is 4.10. The van der Waals surface area contributed by atoms with Crippen molar-refractivity contribution >= 4 is 11.8 Å². The average Bonchev–Trinajstić information content (AvgIpc) is 2.69. The van der Waals surface area contributed by atoms with Crippen LogP contribution < -0.4 is 0 Å². The van der Waals surface area contributed by atoms with Crippen LogP contribution in [-0.2, 0) is 4.74 Å². The number of hydrogen-bond donors (Lipinski definition) is 0. The first-order valence-corrected chi connectivity index (χ1v) is 7.28. The largest absolute Gasteiger partial charge is 0.378 e. The number of unbranched alkanes of at least 4 members (excludes halogenated alkanes) is 2. The highest BCUT2D eigenvalue weighted by atomic mass is 32.2. The second kappa shape index (κ2) is 8.60. The number of thioether (sulfide) groups is 1. The van der Waals surface area contributed by atoms with Gasteiger partial charge >= 0.3 is 0 Å². The van der Waals surface area contributed by atoms with Crippen LogP contribution in [0.2, 0.25) is 0 Å². The third-order valence-corrected chi connectivity index (χ3v) is 3.96. The maximum atomic E-state index is 5.59. The molecule has 1 heterocycles. The molecule has 0 spiro atoms. The van der Waals surface area contributed by atoms with Gasteiger partial charge in [0.1, 0.15) is 0 Å². The molecule has 0 aromatic heterocycles. The van der Waals surface area contributed by atoms with Crippen molar-refractivity contribution in [3.05, 3.63) is 0 Å². The predicted octanol–water partition coefficient (Wildman–Crippen LogP) is 3.87. The Morgan fingerprint density at radius 2 is 2.14 bits per heavy atom. The zero-order chi connectivity index (χ0) is 10.1. The van der Waals surface area contributed by atoms with Gasteiger partial charge in [0.25, 0.3) is 0 Å². The molecular formula is C12H24OS. The third-order valence-electron chi connectivity index (χ3n) is 2.69. The average molecular weight is 216 g/mol. The molecule has 1 fully saturated rings. The molecule has 14 heavy (non-hydrogen) atoms.